The smallest absolute Gasteiger partial charge is 0.270 e. The van der Waals surface area contributed by atoms with Crippen LogP contribution < -0.4 is 0 Å². The second-order valence-corrected chi connectivity index (χ2v) is 6.61. The van der Waals surface area contributed by atoms with Gasteiger partial charge in [-0.3, -0.25) is 14.7 Å². The highest BCUT2D eigenvalue weighted by molar-refractivity contribution is 7.98. The molecule has 4 aromatic rings. The largest absolute Gasteiger partial charge is 0.338 e. The summed E-state index contributed by atoms with van der Waals surface area (Å²) in [6.45, 7) is 0. The Morgan fingerprint density at radius 1 is 1.21 bits per heavy atom. The number of nitrogens with zero attached hydrogens (tertiary/aromatic N) is 5. The van der Waals surface area contributed by atoms with Crippen molar-refractivity contribution in [2.24, 2.45) is 0 Å². The van der Waals surface area contributed by atoms with Crippen molar-refractivity contribution in [3.05, 3.63) is 82.7 Å². The van der Waals surface area contributed by atoms with Gasteiger partial charge in [-0.2, -0.15) is 4.98 Å². The minimum absolute atomic E-state index is 0.0460. The molecule has 0 amide bonds. The van der Waals surface area contributed by atoms with Crippen molar-refractivity contribution < 1.29 is 13.8 Å². The van der Waals surface area contributed by atoms with Gasteiger partial charge in [-0.15, -0.1) is 0 Å². The average molecular weight is 397 g/mol. The maximum atomic E-state index is 13.5. The van der Waals surface area contributed by atoms with Gasteiger partial charge in [0.05, 0.1) is 16.4 Å². The summed E-state index contributed by atoms with van der Waals surface area (Å²) in [5.74, 6) is 0.627. The molecule has 2 heterocycles. The second kappa shape index (κ2) is 7.61. The highest BCUT2D eigenvalue weighted by Crippen LogP contribution is 2.26. The summed E-state index contributed by atoms with van der Waals surface area (Å²) in [5.41, 5.74) is 1.11. The molecule has 10 heteroatoms. The molecule has 0 aliphatic heterocycles. The number of halogens is 1. The van der Waals surface area contributed by atoms with Crippen LogP contribution in [0.2, 0.25) is 0 Å². The highest BCUT2D eigenvalue weighted by Gasteiger charge is 2.14. The Morgan fingerprint density at radius 2 is 2.07 bits per heavy atom. The molecule has 0 fully saturated rings. The van der Waals surface area contributed by atoms with Gasteiger partial charge in [0.1, 0.15) is 5.82 Å². The lowest BCUT2D eigenvalue weighted by Crippen LogP contribution is -1.96. The first kappa shape index (κ1) is 17.9. The van der Waals surface area contributed by atoms with Crippen molar-refractivity contribution in [2.75, 3.05) is 0 Å². The Labute approximate surface area is 162 Å². The maximum Gasteiger partial charge on any atom is 0.270 e. The van der Waals surface area contributed by atoms with Gasteiger partial charge < -0.3 is 4.52 Å². The number of hydrogen-bond acceptors (Lipinski definition) is 7. The number of non-ortho nitro benzene ring substituents is 1. The molecule has 0 saturated heterocycles. The fourth-order valence-corrected chi connectivity index (χ4v) is 3.35. The lowest BCUT2D eigenvalue weighted by Gasteiger charge is -2.06. The van der Waals surface area contributed by atoms with Crippen molar-refractivity contribution in [1.82, 2.24) is 19.7 Å². The summed E-state index contributed by atoms with van der Waals surface area (Å²) in [6.07, 6.45) is 3.36. The van der Waals surface area contributed by atoms with Crippen LogP contribution in [0.3, 0.4) is 0 Å². The summed E-state index contributed by atoms with van der Waals surface area (Å²) in [4.78, 5) is 19.0. The molecular weight excluding hydrogens is 385 g/mol. The molecule has 0 radical (unpaired) electrons. The summed E-state index contributed by atoms with van der Waals surface area (Å²) < 4.78 is 20.5. The number of rotatable bonds is 6. The molecular formula is C18H12FN5O3S. The number of nitro groups is 1. The fourth-order valence-electron chi connectivity index (χ4n) is 2.53. The normalized spacial score (nSPS) is 10.9. The molecule has 0 saturated carbocycles. The minimum atomic E-state index is -0.480. The van der Waals surface area contributed by atoms with Crippen LogP contribution in [-0.2, 0) is 5.75 Å². The lowest BCUT2D eigenvalue weighted by atomic mass is 10.2. The molecule has 2 aromatic heterocycles. The molecule has 2 aromatic carbocycles. The van der Waals surface area contributed by atoms with E-state index in [2.05, 4.69) is 15.1 Å². The molecule has 0 unspecified atom stereocenters. The third-order valence-electron chi connectivity index (χ3n) is 3.80. The van der Waals surface area contributed by atoms with Crippen LogP contribution in [0, 0.1) is 15.9 Å². The minimum Gasteiger partial charge on any atom is -0.338 e. The predicted molar refractivity (Wildman–Crippen MR) is 99.5 cm³/mol. The van der Waals surface area contributed by atoms with Crippen LogP contribution in [0.25, 0.3) is 17.1 Å². The van der Waals surface area contributed by atoms with Gasteiger partial charge in [0.2, 0.25) is 11.7 Å². The van der Waals surface area contributed by atoms with Crippen molar-refractivity contribution in [2.45, 2.75) is 10.9 Å². The summed E-state index contributed by atoms with van der Waals surface area (Å²) in [5, 5.41) is 15.4. The number of nitro benzene ring substituents is 1. The van der Waals surface area contributed by atoms with Crippen LogP contribution in [-0.4, -0.2) is 24.6 Å². The van der Waals surface area contributed by atoms with Crippen molar-refractivity contribution in [3.8, 4) is 17.1 Å². The van der Waals surface area contributed by atoms with Crippen molar-refractivity contribution in [3.63, 3.8) is 0 Å². The van der Waals surface area contributed by atoms with Gasteiger partial charge in [0, 0.05) is 30.1 Å². The van der Waals surface area contributed by atoms with Crippen LogP contribution in [0.4, 0.5) is 10.1 Å². The van der Waals surface area contributed by atoms with E-state index in [0.29, 0.717) is 28.1 Å². The molecule has 0 N–H and O–H groups in total. The van der Waals surface area contributed by atoms with Gasteiger partial charge in [-0.05, 0) is 18.2 Å². The predicted octanol–water partition coefficient (Wildman–Crippen LogP) is 4.26. The maximum absolute atomic E-state index is 13.5. The molecule has 0 bridgehead atoms. The summed E-state index contributed by atoms with van der Waals surface area (Å²) in [7, 11) is 0. The van der Waals surface area contributed by atoms with E-state index < -0.39 is 4.92 Å². The van der Waals surface area contributed by atoms with E-state index in [1.54, 1.807) is 41.2 Å². The third kappa shape index (κ3) is 3.76. The quantitative estimate of drug-likeness (QED) is 0.272. The number of hydrogen-bond donors (Lipinski definition) is 0. The molecule has 0 aliphatic carbocycles. The SMILES string of the molecule is O=[N+]([O-])c1cccc(-c2noc(CSc3nccn3-c3cccc(F)c3)n2)c1. The zero-order valence-electron chi connectivity index (χ0n) is 14.2. The number of imidazole rings is 1. The first-order chi connectivity index (χ1) is 13.6. The third-order valence-corrected chi connectivity index (χ3v) is 4.75. The Balaban J connectivity index is 1.50. The van der Waals surface area contributed by atoms with E-state index >= 15 is 0 Å². The van der Waals surface area contributed by atoms with Crippen LogP contribution in [0.15, 0.2) is 70.6 Å². The van der Waals surface area contributed by atoms with E-state index in [0.717, 1.165) is 0 Å². The zero-order chi connectivity index (χ0) is 19.5. The monoisotopic (exact) mass is 397 g/mol. The van der Waals surface area contributed by atoms with Crippen LogP contribution in [0.1, 0.15) is 5.89 Å². The summed E-state index contributed by atoms with van der Waals surface area (Å²) >= 11 is 1.35. The van der Waals surface area contributed by atoms with Crippen LogP contribution in [0.5, 0.6) is 0 Å². The van der Waals surface area contributed by atoms with Gasteiger partial charge >= 0.3 is 0 Å². The molecule has 0 atom stereocenters. The highest BCUT2D eigenvalue weighted by atomic mass is 32.2. The molecule has 8 nitrogen and oxygen atoms in total. The lowest BCUT2D eigenvalue weighted by molar-refractivity contribution is -0.384. The Bertz CT molecular complexity index is 1140. The molecule has 4 rings (SSSR count). The van der Waals surface area contributed by atoms with Gasteiger partial charge in [-0.25, -0.2) is 9.37 Å². The zero-order valence-corrected chi connectivity index (χ0v) is 15.0. The van der Waals surface area contributed by atoms with Crippen molar-refractivity contribution >= 4 is 17.4 Å². The first-order valence-corrected chi connectivity index (χ1v) is 9.08. The fraction of sp³-hybridized carbons (Fsp3) is 0.0556. The van der Waals surface area contributed by atoms with E-state index in [1.807, 2.05) is 0 Å². The van der Waals surface area contributed by atoms with E-state index in [4.69, 9.17) is 4.52 Å². The van der Waals surface area contributed by atoms with Gasteiger partial charge in [0.15, 0.2) is 5.16 Å². The molecule has 0 aliphatic rings. The number of aromatic nitrogens is 4. The summed E-state index contributed by atoms with van der Waals surface area (Å²) in [6, 6.07) is 12.2. The molecule has 28 heavy (non-hydrogen) atoms. The van der Waals surface area contributed by atoms with Crippen molar-refractivity contribution in [1.29, 1.82) is 0 Å². The van der Waals surface area contributed by atoms with E-state index in [-0.39, 0.29) is 17.3 Å². The number of benzene rings is 2. The number of thioether (sulfide) groups is 1. The molecule has 0 spiro atoms. The van der Waals surface area contributed by atoms with Gasteiger partial charge in [-0.1, -0.05) is 35.1 Å². The average Bonchev–Trinajstić information content (AvgIpc) is 3.36. The van der Waals surface area contributed by atoms with Crippen LogP contribution >= 0.6 is 11.8 Å². The van der Waals surface area contributed by atoms with E-state index in [9.17, 15) is 14.5 Å². The standard InChI is InChI=1S/C18H12FN5O3S/c19-13-4-2-5-14(10-13)23-8-7-20-18(23)28-11-16-21-17(22-27-16)12-3-1-6-15(9-12)24(25)26/h1-10H,11H2. The topological polar surface area (TPSA) is 99.9 Å². The molecule has 140 valence electrons. The second-order valence-electron chi connectivity index (χ2n) is 5.67. The Kier molecular flexibility index (Phi) is 4.85. The Morgan fingerprint density at radius 3 is 2.89 bits per heavy atom. The Hall–Kier alpha value is -3.53. The van der Waals surface area contributed by atoms with Gasteiger partial charge in [0.25, 0.3) is 5.69 Å². The first-order valence-electron chi connectivity index (χ1n) is 8.09. The van der Waals surface area contributed by atoms with E-state index in [1.165, 1.54) is 36.0 Å².